The average Bonchev–Trinajstić information content (AvgIpc) is 3.40. The van der Waals surface area contributed by atoms with Gasteiger partial charge < -0.3 is 4.74 Å². The van der Waals surface area contributed by atoms with Crippen LogP contribution in [0.3, 0.4) is 0 Å². The molecule has 0 unspecified atom stereocenters. The van der Waals surface area contributed by atoms with E-state index >= 15 is 0 Å². The Kier molecular flexibility index (Phi) is 8.07. The predicted octanol–water partition coefficient (Wildman–Crippen LogP) is 5.37. The third-order valence-electron chi connectivity index (χ3n) is 4.66. The molecule has 28 heavy (non-hydrogen) atoms. The Morgan fingerprint density at radius 1 is 1.29 bits per heavy atom. The molecule has 0 heterocycles. The Balaban J connectivity index is 1.83. The second-order valence-electron chi connectivity index (χ2n) is 8.98. The highest BCUT2D eigenvalue weighted by molar-refractivity contribution is 7.89. The molecule has 0 aromatic heterocycles. The number of benzene rings is 1. The lowest BCUT2D eigenvalue weighted by molar-refractivity contribution is 0.285. The van der Waals surface area contributed by atoms with Gasteiger partial charge in [-0.05, 0) is 68.1 Å². The molecule has 1 atom stereocenters. The molecule has 0 spiro atoms. The Bertz CT molecular complexity index is 764. The van der Waals surface area contributed by atoms with Crippen molar-refractivity contribution in [1.82, 2.24) is 4.72 Å². The number of sulfonamides is 1. The van der Waals surface area contributed by atoms with Crippen molar-refractivity contribution in [2.75, 3.05) is 12.4 Å². The standard InChI is InChI=1S/C22H34FNO3S/c1-17(19-11-12-20(23)21(15-19)27-16-18-9-10-18)24-28(25,26)14-8-6-5-7-13-22(2,3)4/h5,7,11-12,15,17-18,24H,6,8-10,13-14,16H2,1-4H3/b7-5+/t17-/m1/s1. The van der Waals surface area contributed by atoms with Gasteiger partial charge >= 0.3 is 0 Å². The maximum Gasteiger partial charge on any atom is 0.212 e. The number of nitrogens with one attached hydrogen (secondary N) is 1. The van der Waals surface area contributed by atoms with Gasteiger partial charge in [-0.25, -0.2) is 17.5 Å². The molecule has 0 radical (unpaired) electrons. The molecule has 4 nitrogen and oxygen atoms in total. The van der Waals surface area contributed by atoms with Crippen LogP contribution < -0.4 is 9.46 Å². The molecule has 158 valence electrons. The van der Waals surface area contributed by atoms with Gasteiger partial charge in [0.2, 0.25) is 10.0 Å². The molecular formula is C22H34FNO3S. The summed E-state index contributed by atoms with van der Waals surface area (Å²) in [6.07, 6.45) is 8.71. The van der Waals surface area contributed by atoms with E-state index in [4.69, 9.17) is 4.74 Å². The summed E-state index contributed by atoms with van der Waals surface area (Å²) < 4.78 is 46.8. The summed E-state index contributed by atoms with van der Waals surface area (Å²) in [6.45, 7) is 8.79. The largest absolute Gasteiger partial charge is 0.490 e. The van der Waals surface area contributed by atoms with Gasteiger partial charge in [0.25, 0.3) is 0 Å². The van der Waals surface area contributed by atoms with Crippen LogP contribution in [0, 0.1) is 17.2 Å². The second-order valence-corrected chi connectivity index (χ2v) is 10.9. The molecule has 0 aliphatic heterocycles. The van der Waals surface area contributed by atoms with E-state index in [-0.39, 0.29) is 16.9 Å². The fourth-order valence-electron chi connectivity index (χ4n) is 2.73. The van der Waals surface area contributed by atoms with Crippen molar-refractivity contribution in [3.05, 3.63) is 41.7 Å². The van der Waals surface area contributed by atoms with Crippen molar-refractivity contribution in [3.63, 3.8) is 0 Å². The topological polar surface area (TPSA) is 55.4 Å². The van der Waals surface area contributed by atoms with E-state index in [1.165, 1.54) is 6.07 Å². The Morgan fingerprint density at radius 3 is 2.64 bits per heavy atom. The number of hydrogen-bond acceptors (Lipinski definition) is 3. The zero-order valence-electron chi connectivity index (χ0n) is 17.5. The second kappa shape index (κ2) is 9.88. The number of unbranched alkanes of at least 4 members (excludes halogenated alkanes) is 1. The number of ether oxygens (including phenoxy) is 1. The monoisotopic (exact) mass is 411 g/mol. The first-order valence-electron chi connectivity index (χ1n) is 10.1. The lowest BCUT2D eigenvalue weighted by atomic mass is 9.92. The van der Waals surface area contributed by atoms with Crippen molar-refractivity contribution < 1.29 is 17.5 Å². The minimum absolute atomic E-state index is 0.0728. The van der Waals surface area contributed by atoms with Crippen LogP contribution in [0.2, 0.25) is 0 Å². The summed E-state index contributed by atoms with van der Waals surface area (Å²) in [4.78, 5) is 0. The van der Waals surface area contributed by atoms with E-state index in [0.717, 1.165) is 25.7 Å². The zero-order chi connectivity index (χ0) is 20.8. The Morgan fingerprint density at radius 2 is 2.00 bits per heavy atom. The third-order valence-corrected chi connectivity index (χ3v) is 6.20. The molecule has 2 rings (SSSR count). The van der Waals surface area contributed by atoms with Crippen LogP contribution in [0.25, 0.3) is 0 Å². The zero-order valence-corrected chi connectivity index (χ0v) is 18.3. The normalized spacial score (nSPS) is 16.5. The summed E-state index contributed by atoms with van der Waals surface area (Å²) in [5, 5.41) is 0. The van der Waals surface area contributed by atoms with Gasteiger partial charge in [0.05, 0.1) is 12.4 Å². The molecule has 6 heteroatoms. The third kappa shape index (κ3) is 8.74. The summed E-state index contributed by atoms with van der Waals surface area (Å²) in [6, 6.07) is 4.09. The average molecular weight is 412 g/mol. The van der Waals surface area contributed by atoms with Crippen molar-refractivity contribution >= 4 is 10.0 Å². The van der Waals surface area contributed by atoms with Crippen LogP contribution >= 0.6 is 0 Å². The summed E-state index contributed by atoms with van der Waals surface area (Å²) in [5.74, 6) is 0.376. The first-order chi connectivity index (χ1) is 13.1. The van der Waals surface area contributed by atoms with Gasteiger partial charge in [0.15, 0.2) is 11.6 Å². The summed E-state index contributed by atoms with van der Waals surface area (Å²) >= 11 is 0. The van der Waals surface area contributed by atoms with Crippen LogP contribution in [0.1, 0.15) is 71.4 Å². The highest BCUT2D eigenvalue weighted by Gasteiger charge is 2.23. The van der Waals surface area contributed by atoms with Crippen LogP contribution in [0.5, 0.6) is 5.75 Å². The van der Waals surface area contributed by atoms with Crippen molar-refractivity contribution in [3.8, 4) is 5.75 Å². The molecule has 1 N–H and O–H groups in total. The minimum atomic E-state index is -3.40. The van der Waals surface area contributed by atoms with Crippen molar-refractivity contribution in [1.29, 1.82) is 0 Å². The molecule has 1 aliphatic carbocycles. The van der Waals surface area contributed by atoms with Crippen molar-refractivity contribution in [2.45, 2.75) is 65.8 Å². The van der Waals surface area contributed by atoms with Gasteiger partial charge in [-0.1, -0.05) is 39.0 Å². The highest BCUT2D eigenvalue weighted by Crippen LogP contribution is 2.31. The summed E-state index contributed by atoms with van der Waals surface area (Å²) in [5.41, 5.74) is 0.941. The number of halogens is 1. The maximum atomic E-state index is 13.9. The highest BCUT2D eigenvalue weighted by atomic mass is 32.2. The lowest BCUT2D eigenvalue weighted by Crippen LogP contribution is -2.29. The predicted molar refractivity (Wildman–Crippen MR) is 112 cm³/mol. The molecule has 1 aromatic rings. The molecule has 1 aliphatic rings. The SMILES string of the molecule is C[C@@H](NS(=O)(=O)CCC/C=C/CC(C)(C)C)c1ccc(F)c(OCC2CC2)c1. The number of rotatable bonds is 11. The van der Waals surface area contributed by atoms with E-state index in [1.54, 1.807) is 19.1 Å². The quantitative estimate of drug-likeness (QED) is 0.393. The molecule has 1 fully saturated rings. The van der Waals surface area contributed by atoms with E-state index < -0.39 is 21.9 Å². The van der Waals surface area contributed by atoms with Crippen LogP contribution in [0.4, 0.5) is 4.39 Å². The molecule has 1 aromatic carbocycles. The van der Waals surface area contributed by atoms with Crippen LogP contribution in [-0.2, 0) is 10.0 Å². The molecule has 0 saturated heterocycles. The summed E-state index contributed by atoms with van der Waals surface area (Å²) in [7, 11) is -3.40. The molecule has 0 bridgehead atoms. The first kappa shape index (κ1) is 22.9. The Labute approximate surface area is 169 Å². The van der Waals surface area contributed by atoms with E-state index in [9.17, 15) is 12.8 Å². The maximum absolute atomic E-state index is 13.9. The number of allylic oxidation sites excluding steroid dienone is 2. The van der Waals surface area contributed by atoms with Gasteiger partial charge in [0, 0.05) is 6.04 Å². The fraction of sp³-hybridized carbons (Fsp3) is 0.636. The molecule has 0 amide bonds. The molecular weight excluding hydrogens is 377 g/mol. The van der Waals surface area contributed by atoms with Crippen LogP contribution in [-0.4, -0.2) is 20.8 Å². The minimum Gasteiger partial charge on any atom is -0.490 e. The Hall–Kier alpha value is -1.40. The smallest absolute Gasteiger partial charge is 0.212 e. The van der Waals surface area contributed by atoms with E-state index in [1.807, 2.05) is 6.08 Å². The van der Waals surface area contributed by atoms with Crippen LogP contribution in [0.15, 0.2) is 30.4 Å². The fourth-order valence-corrected chi connectivity index (χ4v) is 4.07. The number of hydrogen-bond donors (Lipinski definition) is 1. The lowest BCUT2D eigenvalue weighted by Gasteiger charge is -2.16. The first-order valence-corrected chi connectivity index (χ1v) is 11.8. The van der Waals surface area contributed by atoms with Gasteiger partial charge in [-0.3, -0.25) is 0 Å². The van der Waals surface area contributed by atoms with Gasteiger partial charge in [0.1, 0.15) is 0 Å². The van der Waals surface area contributed by atoms with Gasteiger partial charge in [-0.15, -0.1) is 0 Å². The van der Waals surface area contributed by atoms with Crippen molar-refractivity contribution in [2.24, 2.45) is 11.3 Å². The van der Waals surface area contributed by atoms with E-state index in [0.29, 0.717) is 24.5 Å². The van der Waals surface area contributed by atoms with Gasteiger partial charge in [-0.2, -0.15) is 0 Å². The molecule has 1 saturated carbocycles. The van der Waals surface area contributed by atoms with E-state index in [2.05, 4.69) is 31.6 Å².